The molecule has 1 saturated heterocycles. The van der Waals surface area contributed by atoms with E-state index >= 15 is 0 Å². The number of hydrogen-bond acceptors (Lipinski definition) is 2. The van der Waals surface area contributed by atoms with Crippen LogP contribution in [-0.2, 0) is 17.5 Å². The van der Waals surface area contributed by atoms with Crippen LogP contribution in [0.4, 0.5) is 13.2 Å². The molecule has 1 N–H and O–H groups in total. The van der Waals surface area contributed by atoms with Gasteiger partial charge >= 0.3 is 12.1 Å². The van der Waals surface area contributed by atoms with E-state index in [0.717, 1.165) is 25.0 Å². The van der Waals surface area contributed by atoms with Crippen LogP contribution >= 0.6 is 11.6 Å². The summed E-state index contributed by atoms with van der Waals surface area (Å²) in [6.07, 6.45) is -2.29. The Bertz CT molecular complexity index is 533. The summed E-state index contributed by atoms with van der Waals surface area (Å²) in [6.45, 7) is 0.656. The second kappa shape index (κ2) is 6.23. The van der Waals surface area contributed by atoms with E-state index in [-0.39, 0.29) is 11.6 Å². The van der Waals surface area contributed by atoms with Crippen molar-refractivity contribution in [3.8, 4) is 0 Å². The molecule has 1 atom stereocenters. The zero-order valence-corrected chi connectivity index (χ0v) is 11.9. The normalized spacial score (nSPS) is 20.5. The molecule has 0 radical (unpaired) electrons. The van der Waals surface area contributed by atoms with E-state index in [1.165, 1.54) is 6.07 Å². The van der Waals surface area contributed by atoms with E-state index in [1.54, 1.807) is 4.90 Å². The lowest BCUT2D eigenvalue weighted by molar-refractivity contribution is -0.145. The summed E-state index contributed by atoms with van der Waals surface area (Å²) < 4.78 is 38.2. The van der Waals surface area contributed by atoms with Gasteiger partial charge in [0.25, 0.3) is 0 Å². The Morgan fingerprint density at radius 1 is 1.38 bits per heavy atom. The van der Waals surface area contributed by atoms with Gasteiger partial charge in [-0.1, -0.05) is 18.0 Å². The molecule has 1 aromatic rings. The van der Waals surface area contributed by atoms with Gasteiger partial charge < -0.3 is 5.11 Å². The van der Waals surface area contributed by atoms with Gasteiger partial charge in [0.2, 0.25) is 0 Å². The first kappa shape index (κ1) is 16.1. The summed E-state index contributed by atoms with van der Waals surface area (Å²) in [7, 11) is 0. The highest BCUT2D eigenvalue weighted by atomic mass is 35.5. The Morgan fingerprint density at radius 3 is 2.71 bits per heavy atom. The fourth-order valence-electron chi connectivity index (χ4n) is 2.55. The topological polar surface area (TPSA) is 40.5 Å². The standard InChI is InChI=1S/C14H15ClF3NO2/c15-11-5-4-10(14(16,17)18)7-9(11)8-19-6-2-1-3-12(19)13(20)21/h4-5,7,12H,1-3,6,8H2,(H,20,21). The van der Waals surface area contributed by atoms with Crippen molar-refractivity contribution in [1.29, 1.82) is 0 Å². The number of piperidine rings is 1. The summed E-state index contributed by atoms with van der Waals surface area (Å²) in [5.41, 5.74) is -0.467. The average molecular weight is 322 g/mol. The molecule has 1 heterocycles. The lowest BCUT2D eigenvalue weighted by Crippen LogP contribution is -2.44. The van der Waals surface area contributed by atoms with Crippen molar-refractivity contribution in [3.63, 3.8) is 0 Å². The van der Waals surface area contributed by atoms with Crippen LogP contribution in [0.3, 0.4) is 0 Å². The maximum atomic E-state index is 12.7. The SMILES string of the molecule is O=C(O)C1CCCCN1Cc1cc(C(F)(F)F)ccc1Cl. The van der Waals surface area contributed by atoms with Gasteiger partial charge in [-0.15, -0.1) is 0 Å². The van der Waals surface area contributed by atoms with Crippen molar-refractivity contribution in [2.45, 2.75) is 38.0 Å². The Labute approximate surface area is 125 Å². The molecule has 0 spiro atoms. The van der Waals surface area contributed by atoms with Crippen molar-refractivity contribution in [2.24, 2.45) is 0 Å². The first-order valence-electron chi connectivity index (χ1n) is 6.61. The van der Waals surface area contributed by atoms with Gasteiger partial charge in [-0.05, 0) is 43.1 Å². The first-order chi connectivity index (χ1) is 9.79. The van der Waals surface area contributed by atoms with Crippen molar-refractivity contribution < 1.29 is 23.1 Å². The third-order valence-corrected chi connectivity index (χ3v) is 4.01. The summed E-state index contributed by atoms with van der Waals surface area (Å²) in [5.74, 6) is -0.946. The molecule has 21 heavy (non-hydrogen) atoms. The van der Waals surface area contributed by atoms with Crippen LogP contribution in [-0.4, -0.2) is 28.6 Å². The maximum Gasteiger partial charge on any atom is 0.416 e. The van der Waals surface area contributed by atoms with Gasteiger partial charge in [0.05, 0.1) is 5.56 Å². The number of carboxylic acids is 1. The zero-order valence-electron chi connectivity index (χ0n) is 11.2. The summed E-state index contributed by atoms with van der Waals surface area (Å²) in [5, 5.41) is 9.41. The predicted octanol–water partition coefficient (Wildman–Crippen LogP) is 3.80. The Morgan fingerprint density at radius 2 is 2.10 bits per heavy atom. The van der Waals surface area contributed by atoms with Gasteiger partial charge in [-0.3, -0.25) is 9.69 Å². The molecule has 0 aliphatic carbocycles. The molecule has 116 valence electrons. The molecule has 0 saturated carbocycles. The van der Waals surface area contributed by atoms with Crippen LogP contribution in [0.15, 0.2) is 18.2 Å². The Balaban J connectivity index is 2.23. The molecular formula is C14H15ClF3NO2. The molecular weight excluding hydrogens is 307 g/mol. The van der Waals surface area contributed by atoms with Gasteiger partial charge in [-0.25, -0.2) is 0 Å². The number of rotatable bonds is 3. The third kappa shape index (κ3) is 3.89. The number of likely N-dealkylation sites (tertiary alicyclic amines) is 1. The lowest BCUT2D eigenvalue weighted by Gasteiger charge is -2.33. The molecule has 3 nitrogen and oxygen atoms in total. The minimum atomic E-state index is -4.44. The highest BCUT2D eigenvalue weighted by Gasteiger charge is 2.32. The minimum Gasteiger partial charge on any atom is -0.480 e. The monoisotopic (exact) mass is 321 g/mol. The summed E-state index contributed by atoms with van der Waals surface area (Å²) in [4.78, 5) is 12.9. The molecule has 2 rings (SSSR count). The Kier molecular flexibility index (Phi) is 4.78. The molecule has 1 unspecified atom stereocenters. The van der Waals surface area contributed by atoms with E-state index < -0.39 is 23.8 Å². The fourth-order valence-corrected chi connectivity index (χ4v) is 2.73. The van der Waals surface area contributed by atoms with Crippen LogP contribution in [0.25, 0.3) is 0 Å². The molecule has 1 aliphatic rings. The number of carbonyl (C=O) groups is 1. The van der Waals surface area contributed by atoms with E-state index in [0.29, 0.717) is 18.5 Å². The van der Waals surface area contributed by atoms with Gasteiger partial charge in [0.15, 0.2) is 0 Å². The number of carboxylic acid groups (broad SMARTS) is 1. The van der Waals surface area contributed by atoms with Crippen molar-refractivity contribution in [2.75, 3.05) is 6.54 Å². The van der Waals surface area contributed by atoms with Crippen LogP contribution in [0, 0.1) is 0 Å². The average Bonchev–Trinajstić information content (AvgIpc) is 2.40. The number of halogens is 4. The predicted molar refractivity (Wildman–Crippen MR) is 72.1 cm³/mol. The van der Waals surface area contributed by atoms with E-state index in [4.69, 9.17) is 11.6 Å². The fraction of sp³-hybridized carbons (Fsp3) is 0.500. The largest absolute Gasteiger partial charge is 0.480 e. The van der Waals surface area contributed by atoms with Crippen LogP contribution in [0.1, 0.15) is 30.4 Å². The third-order valence-electron chi connectivity index (χ3n) is 3.65. The van der Waals surface area contributed by atoms with Crippen LogP contribution in [0.2, 0.25) is 5.02 Å². The quantitative estimate of drug-likeness (QED) is 0.920. The van der Waals surface area contributed by atoms with Crippen molar-refractivity contribution in [3.05, 3.63) is 34.3 Å². The number of benzene rings is 1. The lowest BCUT2D eigenvalue weighted by atomic mass is 10.0. The molecule has 1 aliphatic heterocycles. The Hall–Kier alpha value is -1.27. The smallest absolute Gasteiger partial charge is 0.416 e. The number of alkyl halides is 3. The highest BCUT2D eigenvalue weighted by molar-refractivity contribution is 6.31. The molecule has 0 aromatic heterocycles. The van der Waals surface area contributed by atoms with Gasteiger partial charge in [0.1, 0.15) is 6.04 Å². The highest BCUT2D eigenvalue weighted by Crippen LogP contribution is 2.32. The van der Waals surface area contributed by atoms with Gasteiger partial charge in [-0.2, -0.15) is 13.2 Å². The molecule has 0 bridgehead atoms. The second-order valence-electron chi connectivity index (χ2n) is 5.12. The summed E-state index contributed by atoms with van der Waals surface area (Å²) in [6, 6.07) is 2.47. The van der Waals surface area contributed by atoms with E-state index in [1.807, 2.05) is 0 Å². The van der Waals surface area contributed by atoms with Crippen molar-refractivity contribution >= 4 is 17.6 Å². The maximum absolute atomic E-state index is 12.7. The second-order valence-corrected chi connectivity index (χ2v) is 5.53. The minimum absolute atomic E-state index is 0.111. The van der Waals surface area contributed by atoms with E-state index in [9.17, 15) is 23.1 Å². The molecule has 7 heteroatoms. The molecule has 1 fully saturated rings. The number of nitrogens with zero attached hydrogens (tertiary/aromatic N) is 1. The first-order valence-corrected chi connectivity index (χ1v) is 6.99. The number of aliphatic carboxylic acids is 1. The van der Waals surface area contributed by atoms with Gasteiger partial charge in [0, 0.05) is 11.6 Å². The van der Waals surface area contributed by atoms with Crippen molar-refractivity contribution in [1.82, 2.24) is 4.90 Å². The summed E-state index contributed by atoms with van der Waals surface area (Å²) >= 11 is 5.95. The van der Waals surface area contributed by atoms with Crippen LogP contribution in [0.5, 0.6) is 0 Å². The van der Waals surface area contributed by atoms with Crippen LogP contribution < -0.4 is 0 Å². The number of hydrogen-bond donors (Lipinski definition) is 1. The van der Waals surface area contributed by atoms with E-state index in [2.05, 4.69) is 0 Å². The molecule has 1 aromatic carbocycles. The molecule has 0 amide bonds. The zero-order chi connectivity index (χ0) is 15.6.